The first-order chi connectivity index (χ1) is 14.1. The molecule has 2 atom stereocenters. The minimum atomic E-state index is -0.921. The number of H-pyrrole nitrogens is 1. The number of rotatable bonds is 6. The number of benzene rings is 2. The molecule has 3 aromatic rings. The Morgan fingerprint density at radius 1 is 1.07 bits per heavy atom. The number of amides is 1. The molecule has 2 aromatic carbocycles. The van der Waals surface area contributed by atoms with Gasteiger partial charge in [-0.05, 0) is 25.1 Å². The Morgan fingerprint density at radius 2 is 1.86 bits per heavy atom. The molecular weight excluding hydrogens is 373 g/mol. The van der Waals surface area contributed by atoms with Crippen molar-refractivity contribution in [2.75, 3.05) is 13.1 Å². The van der Waals surface area contributed by atoms with Crippen LogP contribution in [0.3, 0.4) is 0 Å². The Kier molecular flexibility index (Phi) is 5.22. The zero-order valence-electron chi connectivity index (χ0n) is 15.6. The molecule has 1 saturated heterocycles. The fraction of sp³-hybridized carbons (Fsp3) is 0.227. The summed E-state index contributed by atoms with van der Waals surface area (Å²) in [4.78, 5) is 41.3. The fourth-order valence-corrected chi connectivity index (χ4v) is 3.79. The SMILES string of the molecule is O=C(NC(C(=O)c1ccccc1)C1CCNC1)C(=O)c1c[nH]c2cccc(F)c12. The van der Waals surface area contributed by atoms with E-state index in [0.717, 1.165) is 6.54 Å². The molecule has 0 radical (unpaired) electrons. The zero-order chi connectivity index (χ0) is 20.4. The van der Waals surface area contributed by atoms with Crippen LogP contribution in [0, 0.1) is 11.7 Å². The third-order valence-electron chi connectivity index (χ3n) is 5.30. The highest BCUT2D eigenvalue weighted by molar-refractivity contribution is 6.45. The summed E-state index contributed by atoms with van der Waals surface area (Å²) in [5.41, 5.74) is 0.847. The van der Waals surface area contributed by atoms with E-state index in [1.165, 1.54) is 18.3 Å². The molecule has 0 saturated carbocycles. The molecular formula is C22H20FN3O3. The van der Waals surface area contributed by atoms with Crippen molar-refractivity contribution in [2.24, 2.45) is 5.92 Å². The average molecular weight is 393 g/mol. The number of aromatic amines is 1. The van der Waals surface area contributed by atoms with E-state index in [2.05, 4.69) is 15.6 Å². The molecule has 148 valence electrons. The first kappa shape index (κ1) is 19.0. The number of carbonyl (C=O) groups excluding carboxylic acids is 3. The second-order valence-corrected chi connectivity index (χ2v) is 7.13. The standard InChI is InChI=1S/C22H20FN3O3/c23-16-7-4-8-17-18(16)15(12-25-17)21(28)22(29)26-19(14-9-10-24-11-14)20(27)13-5-2-1-3-6-13/h1-8,12,14,19,24-25H,9-11H2,(H,26,29). The van der Waals surface area contributed by atoms with Gasteiger partial charge < -0.3 is 15.6 Å². The van der Waals surface area contributed by atoms with Crippen LogP contribution in [0.5, 0.6) is 0 Å². The van der Waals surface area contributed by atoms with Gasteiger partial charge in [0.05, 0.1) is 11.6 Å². The lowest BCUT2D eigenvalue weighted by molar-refractivity contribution is -0.117. The number of carbonyl (C=O) groups is 3. The van der Waals surface area contributed by atoms with Crippen LogP contribution in [0.25, 0.3) is 10.9 Å². The largest absolute Gasteiger partial charge is 0.360 e. The van der Waals surface area contributed by atoms with Gasteiger partial charge in [-0.25, -0.2) is 4.39 Å². The van der Waals surface area contributed by atoms with Gasteiger partial charge >= 0.3 is 0 Å². The summed E-state index contributed by atoms with van der Waals surface area (Å²) in [6.45, 7) is 1.31. The predicted molar refractivity (Wildman–Crippen MR) is 106 cm³/mol. The van der Waals surface area contributed by atoms with Crippen LogP contribution >= 0.6 is 0 Å². The lowest BCUT2D eigenvalue weighted by Crippen LogP contribution is -2.49. The number of Topliss-reactive ketones (excluding diaryl/α,β-unsaturated/α-hetero) is 2. The Labute approximate surface area is 166 Å². The molecule has 1 fully saturated rings. The van der Waals surface area contributed by atoms with E-state index in [9.17, 15) is 18.8 Å². The van der Waals surface area contributed by atoms with E-state index < -0.39 is 23.5 Å². The minimum absolute atomic E-state index is 0.0499. The summed E-state index contributed by atoms with van der Waals surface area (Å²) in [7, 11) is 0. The van der Waals surface area contributed by atoms with Gasteiger partial charge in [0, 0.05) is 35.1 Å². The maximum atomic E-state index is 14.2. The third kappa shape index (κ3) is 3.69. The van der Waals surface area contributed by atoms with Gasteiger partial charge in [-0.2, -0.15) is 0 Å². The van der Waals surface area contributed by atoms with Crippen molar-refractivity contribution < 1.29 is 18.8 Å². The van der Waals surface area contributed by atoms with Crippen LogP contribution in [0.1, 0.15) is 27.1 Å². The molecule has 1 aromatic heterocycles. The number of ketones is 2. The Hall–Kier alpha value is -3.32. The highest BCUT2D eigenvalue weighted by Crippen LogP contribution is 2.23. The average Bonchev–Trinajstić information content (AvgIpc) is 3.42. The molecule has 7 heteroatoms. The molecule has 0 aliphatic carbocycles. The van der Waals surface area contributed by atoms with Crippen LogP contribution in [-0.4, -0.2) is 41.6 Å². The molecule has 0 spiro atoms. The number of halogens is 1. The molecule has 1 aliphatic rings. The van der Waals surface area contributed by atoms with Crippen LogP contribution in [0.2, 0.25) is 0 Å². The molecule has 6 nitrogen and oxygen atoms in total. The van der Waals surface area contributed by atoms with Crippen molar-refractivity contribution in [3.05, 3.63) is 71.7 Å². The number of hydrogen-bond donors (Lipinski definition) is 3. The van der Waals surface area contributed by atoms with Crippen molar-refractivity contribution >= 4 is 28.4 Å². The summed E-state index contributed by atoms with van der Waals surface area (Å²) in [5, 5.41) is 5.86. The highest BCUT2D eigenvalue weighted by atomic mass is 19.1. The summed E-state index contributed by atoms with van der Waals surface area (Å²) < 4.78 is 14.2. The summed E-state index contributed by atoms with van der Waals surface area (Å²) >= 11 is 0. The maximum Gasteiger partial charge on any atom is 0.293 e. The smallest absolute Gasteiger partial charge is 0.293 e. The Morgan fingerprint density at radius 3 is 2.59 bits per heavy atom. The van der Waals surface area contributed by atoms with Crippen molar-refractivity contribution in [3.63, 3.8) is 0 Å². The van der Waals surface area contributed by atoms with Gasteiger partial charge in [0.2, 0.25) is 0 Å². The van der Waals surface area contributed by atoms with Gasteiger partial charge in [0.1, 0.15) is 5.82 Å². The monoisotopic (exact) mass is 393 g/mol. The van der Waals surface area contributed by atoms with Gasteiger partial charge in [0.15, 0.2) is 5.78 Å². The molecule has 1 amide bonds. The second-order valence-electron chi connectivity index (χ2n) is 7.13. The Bertz CT molecular complexity index is 1070. The molecule has 1 aliphatic heterocycles. The first-order valence-corrected chi connectivity index (χ1v) is 9.47. The lowest BCUT2D eigenvalue weighted by atomic mass is 9.91. The van der Waals surface area contributed by atoms with Gasteiger partial charge in [-0.3, -0.25) is 14.4 Å². The second kappa shape index (κ2) is 7.97. The van der Waals surface area contributed by atoms with Crippen molar-refractivity contribution in [1.29, 1.82) is 0 Å². The topological polar surface area (TPSA) is 91.1 Å². The van der Waals surface area contributed by atoms with Gasteiger partial charge in [-0.1, -0.05) is 36.4 Å². The van der Waals surface area contributed by atoms with Crippen molar-refractivity contribution in [3.8, 4) is 0 Å². The van der Waals surface area contributed by atoms with Crippen LogP contribution in [-0.2, 0) is 4.79 Å². The van der Waals surface area contributed by atoms with Gasteiger partial charge in [-0.15, -0.1) is 0 Å². The summed E-state index contributed by atoms with van der Waals surface area (Å²) in [6, 6.07) is 12.2. The van der Waals surface area contributed by atoms with E-state index in [1.54, 1.807) is 36.4 Å². The van der Waals surface area contributed by atoms with Crippen LogP contribution in [0.15, 0.2) is 54.7 Å². The van der Waals surface area contributed by atoms with Crippen molar-refractivity contribution in [2.45, 2.75) is 12.5 Å². The number of fused-ring (bicyclic) bond motifs is 1. The molecule has 0 bridgehead atoms. The van der Waals surface area contributed by atoms with Crippen LogP contribution in [0.4, 0.5) is 4.39 Å². The van der Waals surface area contributed by atoms with Crippen LogP contribution < -0.4 is 10.6 Å². The normalized spacial score (nSPS) is 17.2. The fourth-order valence-electron chi connectivity index (χ4n) is 3.79. The molecule has 29 heavy (non-hydrogen) atoms. The van der Waals surface area contributed by atoms with E-state index in [-0.39, 0.29) is 22.7 Å². The highest BCUT2D eigenvalue weighted by Gasteiger charge is 2.34. The van der Waals surface area contributed by atoms with Gasteiger partial charge in [0.25, 0.3) is 11.7 Å². The molecule has 3 N–H and O–H groups in total. The van der Waals surface area contributed by atoms with E-state index in [4.69, 9.17) is 0 Å². The number of nitrogens with one attached hydrogen (secondary N) is 3. The molecule has 2 unspecified atom stereocenters. The molecule has 4 rings (SSSR count). The predicted octanol–water partition coefficient (Wildman–Crippen LogP) is 2.47. The van der Waals surface area contributed by atoms with E-state index in [1.807, 2.05) is 0 Å². The molecule has 2 heterocycles. The third-order valence-corrected chi connectivity index (χ3v) is 5.30. The van der Waals surface area contributed by atoms with Crippen molar-refractivity contribution in [1.82, 2.24) is 15.6 Å². The Balaban J connectivity index is 1.60. The van der Waals surface area contributed by atoms with E-state index >= 15 is 0 Å². The zero-order valence-corrected chi connectivity index (χ0v) is 15.6. The maximum absolute atomic E-state index is 14.2. The van der Waals surface area contributed by atoms with E-state index in [0.29, 0.717) is 24.0 Å². The lowest BCUT2D eigenvalue weighted by Gasteiger charge is -2.22. The first-order valence-electron chi connectivity index (χ1n) is 9.47. The summed E-state index contributed by atoms with van der Waals surface area (Å²) in [5.74, 6) is -2.75. The number of hydrogen-bond acceptors (Lipinski definition) is 4. The number of aromatic nitrogens is 1. The minimum Gasteiger partial charge on any atom is -0.360 e. The quantitative estimate of drug-likeness (QED) is 0.443. The summed E-state index contributed by atoms with van der Waals surface area (Å²) in [6.07, 6.45) is 2.03.